The second kappa shape index (κ2) is 8.63. The van der Waals surface area contributed by atoms with Gasteiger partial charge in [-0.1, -0.05) is 26.0 Å². The zero-order valence-corrected chi connectivity index (χ0v) is 16.8. The monoisotopic (exact) mass is 392 g/mol. The van der Waals surface area contributed by atoms with Gasteiger partial charge in [-0.3, -0.25) is 4.79 Å². The molecule has 0 aliphatic heterocycles. The number of hydrogen-bond donors (Lipinski definition) is 1. The van der Waals surface area contributed by atoms with Crippen molar-refractivity contribution in [2.24, 2.45) is 0 Å². The van der Waals surface area contributed by atoms with Crippen LogP contribution in [-0.2, 0) is 14.8 Å². The first-order valence-corrected chi connectivity index (χ1v) is 10.2. The average molecular weight is 392 g/mol. The number of halogens is 1. The van der Waals surface area contributed by atoms with Gasteiger partial charge in [0.05, 0.1) is 4.90 Å². The maximum Gasteiger partial charge on any atom is 0.240 e. The van der Waals surface area contributed by atoms with Crippen molar-refractivity contribution in [1.82, 2.24) is 4.72 Å². The van der Waals surface area contributed by atoms with E-state index in [-0.39, 0.29) is 23.9 Å². The number of carbonyl (C=O) groups is 1. The zero-order valence-electron chi connectivity index (χ0n) is 16.0. The van der Waals surface area contributed by atoms with Gasteiger partial charge in [-0.15, -0.1) is 0 Å². The molecule has 0 radical (unpaired) electrons. The van der Waals surface area contributed by atoms with Gasteiger partial charge >= 0.3 is 0 Å². The molecule has 27 heavy (non-hydrogen) atoms. The average Bonchev–Trinajstić information content (AvgIpc) is 2.58. The van der Waals surface area contributed by atoms with Gasteiger partial charge in [-0.25, -0.2) is 17.5 Å². The van der Waals surface area contributed by atoms with Crippen molar-refractivity contribution >= 4 is 21.6 Å². The summed E-state index contributed by atoms with van der Waals surface area (Å²) in [6, 6.07) is 11.2. The molecule has 2 rings (SSSR count). The maximum absolute atomic E-state index is 13.2. The van der Waals surface area contributed by atoms with E-state index in [1.807, 2.05) is 24.3 Å². The second-order valence-electron chi connectivity index (χ2n) is 6.72. The number of nitrogens with one attached hydrogen (secondary N) is 1. The van der Waals surface area contributed by atoms with Crippen LogP contribution < -0.4 is 9.62 Å². The number of amides is 1. The Morgan fingerprint density at radius 1 is 1.15 bits per heavy atom. The third-order valence-electron chi connectivity index (χ3n) is 4.31. The zero-order chi connectivity index (χ0) is 20.2. The van der Waals surface area contributed by atoms with E-state index < -0.39 is 15.8 Å². The number of aryl methyl sites for hydroxylation is 1. The van der Waals surface area contributed by atoms with Crippen LogP contribution in [0.2, 0.25) is 0 Å². The molecule has 0 saturated heterocycles. The van der Waals surface area contributed by atoms with Gasteiger partial charge in [0.25, 0.3) is 0 Å². The third-order valence-corrected chi connectivity index (χ3v) is 5.93. The van der Waals surface area contributed by atoms with E-state index in [0.29, 0.717) is 17.2 Å². The van der Waals surface area contributed by atoms with Crippen LogP contribution in [0.25, 0.3) is 0 Å². The highest BCUT2D eigenvalue weighted by atomic mass is 32.2. The molecule has 0 spiro atoms. The fraction of sp³-hybridized carbons (Fsp3) is 0.350. The van der Waals surface area contributed by atoms with Crippen molar-refractivity contribution in [3.05, 3.63) is 59.4 Å². The van der Waals surface area contributed by atoms with Crippen LogP contribution in [0.3, 0.4) is 0 Å². The molecular weight excluding hydrogens is 367 g/mol. The lowest BCUT2D eigenvalue weighted by molar-refractivity contribution is -0.116. The van der Waals surface area contributed by atoms with Crippen LogP contribution in [0.5, 0.6) is 0 Å². The van der Waals surface area contributed by atoms with Gasteiger partial charge in [0.1, 0.15) is 5.82 Å². The van der Waals surface area contributed by atoms with Crippen molar-refractivity contribution < 1.29 is 17.6 Å². The number of benzene rings is 2. The molecule has 0 heterocycles. The summed E-state index contributed by atoms with van der Waals surface area (Å²) in [5.74, 6) is -0.279. The summed E-state index contributed by atoms with van der Waals surface area (Å²) < 4.78 is 40.5. The Balaban J connectivity index is 2.09. The first-order valence-electron chi connectivity index (χ1n) is 8.75. The predicted octanol–water partition coefficient (Wildman–Crippen LogP) is 3.59. The van der Waals surface area contributed by atoms with Crippen molar-refractivity contribution in [2.75, 3.05) is 18.0 Å². The normalized spacial score (nSPS) is 11.6. The molecule has 1 N–H and O–H groups in total. The van der Waals surface area contributed by atoms with Crippen molar-refractivity contribution in [3.8, 4) is 0 Å². The summed E-state index contributed by atoms with van der Waals surface area (Å²) in [5, 5.41) is 0. The number of anilines is 1. The SMILES string of the molecule is CC(=O)N(CCNS(=O)(=O)c1ccc(F)cc1C)c1ccc(C(C)C)cc1. The Morgan fingerprint density at radius 3 is 2.30 bits per heavy atom. The van der Waals surface area contributed by atoms with Gasteiger partial charge in [-0.2, -0.15) is 0 Å². The molecule has 1 amide bonds. The van der Waals surface area contributed by atoms with Crippen LogP contribution >= 0.6 is 0 Å². The van der Waals surface area contributed by atoms with E-state index in [0.717, 1.165) is 11.6 Å². The summed E-state index contributed by atoms with van der Waals surface area (Å²) in [4.78, 5) is 13.5. The van der Waals surface area contributed by atoms with Gasteiger partial charge in [0.15, 0.2) is 0 Å². The molecule has 0 aromatic heterocycles. The highest BCUT2D eigenvalue weighted by Gasteiger charge is 2.18. The van der Waals surface area contributed by atoms with Gasteiger partial charge in [-0.05, 0) is 54.3 Å². The molecule has 0 bridgehead atoms. The summed E-state index contributed by atoms with van der Waals surface area (Å²) in [5.41, 5.74) is 2.20. The molecular formula is C20H25FN2O3S. The molecule has 7 heteroatoms. The Kier molecular flexibility index (Phi) is 6.73. The molecule has 2 aromatic rings. The van der Waals surface area contributed by atoms with E-state index in [2.05, 4.69) is 18.6 Å². The highest BCUT2D eigenvalue weighted by Crippen LogP contribution is 2.20. The molecule has 0 fully saturated rings. The first-order chi connectivity index (χ1) is 12.6. The quantitative estimate of drug-likeness (QED) is 0.783. The fourth-order valence-corrected chi connectivity index (χ4v) is 4.04. The molecule has 0 aliphatic rings. The first kappa shape index (κ1) is 21.1. The van der Waals surface area contributed by atoms with Gasteiger partial charge in [0, 0.05) is 25.7 Å². The minimum absolute atomic E-state index is 0.0274. The van der Waals surface area contributed by atoms with Crippen LogP contribution in [0, 0.1) is 12.7 Å². The fourth-order valence-electron chi connectivity index (χ4n) is 2.79. The lowest BCUT2D eigenvalue weighted by Crippen LogP contribution is -2.37. The van der Waals surface area contributed by atoms with Crippen LogP contribution in [0.1, 0.15) is 37.8 Å². The van der Waals surface area contributed by atoms with Crippen LogP contribution in [0.4, 0.5) is 10.1 Å². The van der Waals surface area contributed by atoms with Crippen LogP contribution in [-0.4, -0.2) is 27.4 Å². The second-order valence-corrected chi connectivity index (χ2v) is 8.46. The smallest absolute Gasteiger partial charge is 0.240 e. The van der Waals surface area contributed by atoms with Crippen molar-refractivity contribution in [3.63, 3.8) is 0 Å². The van der Waals surface area contributed by atoms with Gasteiger partial charge < -0.3 is 4.90 Å². The Bertz CT molecular complexity index is 909. The lowest BCUT2D eigenvalue weighted by Gasteiger charge is -2.22. The van der Waals surface area contributed by atoms with Crippen LogP contribution in [0.15, 0.2) is 47.4 Å². The molecule has 0 unspecified atom stereocenters. The molecule has 5 nitrogen and oxygen atoms in total. The van der Waals surface area contributed by atoms with E-state index in [9.17, 15) is 17.6 Å². The highest BCUT2D eigenvalue weighted by molar-refractivity contribution is 7.89. The topological polar surface area (TPSA) is 66.5 Å². The third kappa shape index (κ3) is 5.37. The van der Waals surface area contributed by atoms with E-state index in [1.165, 1.54) is 30.9 Å². The number of carbonyl (C=O) groups excluding carboxylic acids is 1. The number of hydrogen-bond acceptors (Lipinski definition) is 3. The standard InChI is InChI=1S/C20H25FN2O3S/c1-14(2)17-5-8-19(9-6-17)23(16(4)24)12-11-22-27(25,26)20-10-7-18(21)13-15(20)3/h5-10,13-14,22H,11-12H2,1-4H3. The minimum Gasteiger partial charge on any atom is -0.311 e. The van der Waals surface area contributed by atoms with E-state index in [4.69, 9.17) is 0 Å². The Labute approximate surface area is 160 Å². The summed E-state index contributed by atoms with van der Waals surface area (Å²) >= 11 is 0. The van der Waals surface area contributed by atoms with Crippen molar-refractivity contribution in [2.45, 2.75) is 38.5 Å². The van der Waals surface area contributed by atoms with Gasteiger partial charge in [0.2, 0.25) is 15.9 Å². The molecule has 0 atom stereocenters. The molecule has 0 aliphatic carbocycles. The lowest BCUT2D eigenvalue weighted by atomic mass is 10.0. The number of nitrogens with zero attached hydrogens (tertiary/aromatic N) is 1. The summed E-state index contributed by atoms with van der Waals surface area (Å²) in [7, 11) is -3.78. The summed E-state index contributed by atoms with van der Waals surface area (Å²) in [6.45, 7) is 7.39. The minimum atomic E-state index is -3.78. The summed E-state index contributed by atoms with van der Waals surface area (Å²) in [6.07, 6.45) is 0. The Morgan fingerprint density at radius 2 is 1.78 bits per heavy atom. The molecule has 0 saturated carbocycles. The molecule has 2 aromatic carbocycles. The number of rotatable bonds is 7. The Hall–Kier alpha value is -2.25. The maximum atomic E-state index is 13.2. The molecule has 146 valence electrons. The largest absolute Gasteiger partial charge is 0.311 e. The van der Waals surface area contributed by atoms with E-state index >= 15 is 0 Å². The predicted molar refractivity (Wildman–Crippen MR) is 105 cm³/mol. The van der Waals surface area contributed by atoms with E-state index in [1.54, 1.807) is 0 Å². The number of sulfonamides is 1. The van der Waals surface area contributed by atoms with Crippen molar-refractivity contribution in [1.29, 1.82) is 0 Å².